The van der Waals surface area contributed by atoms with Crippen molar-refractivity contribution >= 4 is 17.7 Å². The van der Waals surface area contributed by atoms with E-state index < -0.39 is 5.97 Å². The average molecular weight is 235 g/mol. The summed E-state index contributed by atoms with van der Waals surface area (Å²) >= 11 is 0. The number of amides is 1. The standard InChI is InChI=1S/C12H16N2O3/c1-9-6-7-13-10(8-9)14-11(15)4-2-3-5-12(16)17/h6-8H,2-5H2,1H3,(H,16,17)(H,13,14,15)/p-1. The minimum Gasteiger partial charge on any atom is -0.550 e. The highest BCUT2D eigenvalue weighted by Crippen LogP contribution is 2.07. The third kappa shape index (κ3) is 5.65. The van der Waals surface area contributed by atoms with Crippen LogP contribution in [0, 0.1) is 6.92 Å². The molecule has 5 heteroatoms. The Bertz CT molecular complexity index is 404. The van der Waals surface area contributed by atoms with Crippen molar-refractivity contribution in [1.82, 2.24) is 4.98 Å². The average Bonchev–Trinajstić information content (AvgIpc) is 2.24. The summed E-state index contributed by atoms with van der Waals surface area (Å²) in [5.41, 5.74) is 1.02. The number of anilines is 1. The van der Waals surface area contributed by atoms with Crippen LogP contribution in [-0.4, -0.2) is 16.9 Å². The van der Waals surface area contributed by atoms with E-state index in [4.69, 9.17) is 0 Å². The summed E-state index contributed by atoms with van der Waals surface area (Å²) in [4.78, 5) is 25.6. The summed E-state index contributed by atoms with van der Waals surface area (Å²) in [5, 5.41) is 12.8. The maximum absolute atomic E-state index is 11.5. The van der Waals surface area contributed by atoms with E-state index in [1.54, 1.807) is 12.3 Å². The van der Waals surface area contributed by atoms with Crippen LogP contribution in [0.5, 0.6) is 0 Å². The molecule has 17 heavy (non-hydrogen) atoms. The lowest BCUT2D eigenvalue weighted by atomic mass is 10.2. The molecule has 1 N–H and O–H groups in total. The number of hydrogen-bond donors (Lipinski definition) is 1. The van der Waals surface area contributed by atoms with E-state index in [0.717, 1.165) is 5.56 Å². The molecule has 1 aromatic rings. The molecule has 0 aromatic carbocycles. The molecule has 0 atom stereocenters. The molecule has 1 heterocycles. The Kier molecular flexibility index (Phi) is 5.13. The van der Waals surface area contributed by atoms with E-state index in [1.807, 2.05) is 13.0 Å². The largest absolute Gasteiger partial charge is 0.550 e. The van der Waals surface area contributed by atoms with E-state index in [-0.39, 0.29) is 12.3 Å². The molecular weight excluding hydrogens is 220 g/mol. The molecule has 0 unspecified atom stereocenters. The highest BCUT2D eigenvalue weighted by Gasteiger charge is 2.03. The van der Waals surface area contributed by atoms with Crippen LogP contribution < -0.4 is 10.4 Å². The number of aryl methyl sites for hydroxylation is 1. The second kappa shape index (κ2) is 6.62. The van der Waals surface area contributed by atoms with Crippen molar-refractivity contribution in [1.29, 1.82) is 0 Å². The number of carboxylic acid groups (broad SMARTS) is 1. The van der Waals surface area contributed by atoms with Gasteiger partial charge in [0.05, 0.1) is 0 Å². The van der Waals surface area contributed by atoms with Crippen molar-refractivity contribution < 1.29 is 14.7 Å². The molecule has 1 rings (SSSR count). The molecule has 0 saturated heterocycles. The van der Waals surface area contributed by atoms with Crippen LogP contribution in [0.2, 0.25) is 0 Å². The van der Waals surface area contributed by atoms with E-state index >= 15 is 0 Å². The fraction of sp³-hybridized carbons (Fsp3) is 0.417. The zero-order valence-electron chi connectivity index (χ0n) is 9.73. The number of aliphatic carboxylic acids is 1. The van der Waals surface area contributed by atoms with Gasteiger partial charge in [-0.15, -0.1) is 0 Å². The minimum atomic E-state index is -1.08. The van der Waals surface area contributed by atoms with Gasteiger partial charge in [-0.1, -0.05) is 0 Å². The van der Waals surface area contributed by atoms with Crippen LogP contribution in [0.1, 0.15) is 31.2 Å². The predicted molar refractivity (Wildman–Crippen MR) is 61.1 cm³/mol. The van der Waals surface area contributed by atoms with Gasteiger partial charge in [0.1, 0.15) is 5.82 Å². The van der Waals surface area contributed by atoms with Gasteiger partial charge in [0, 0.05) is 18.6 Å². The van der Waals surface area contributed by atoms with Crippen molar-refractivity contribution in [3.63, 3.8) is 0 Å². The van der Waals surface area contributed by atoms with E-state index in [2.05, 4.69) is 10.3 Å². The first kappa shape index (κ1) is 13.2. The zero-order valence-corrected chi connectivity index (χ0v) is 9.73. The minimum absolute atomic E-state index is 0.00399. The van der Waals surface area contributed by atoms with Crippen LogP contribution in [-0.2, 0) is 9.59 Å². The maximum atomic E-state index is 11.5. The number of carbonyl (C=O) groups is 2. The molecule has 5 nitrogen and oxygen atoms in total. The normalized spacial score (nSPS) is 9.94. The van der Waals surface area contributed by atoms with E-state index in [0.29, 0.717) is 25.1 Å². The molecule has 0 saturated carbocycles. The summed E-state index contributed by atoms with van der Waals surface area (Å²) < 4.78 is 0. The Morgan fingerprint density at radius 2 is 2.06 bits per heavy atom. The first-order chi connectivity index (χ1) is 8.08. The highest BCUT2D eigenvalue weighted by atomic mass is 16.4. The fourth-order valence-corrected chi connectivity index (χ4v) is 1.36. The number of nitrogens with zero attached hydrogens (tertiary/aromatic N) is 1. The summed E-state index contributed by atoms with van der Waals surface area (Å²) in [7, 11) is 0. The number of carboxylic acids is 1. The first-order valence-electron chi connectivity index (χ1n) is 5.50. The van der Waals surface area contributed by atoms with Gasteiger partial charge in [0.15, 0.2) is 0 Å². The first-order valence-corrected chi connectivity index (χ1v) is 5.50. The Morgan fingerprint density at radius 1 is 1.35 bits per heavy atom. The second-order valence-corrected chi connectivity index (χ2v) is 3.85. The van der Waals surface area contributed by atoms with Crippen LogP contribution >= 0.6 is 0 Å². The Hall–Kier alpha value is -1.91. The number of aromatic nitrogens is 1. The molecule has 1 amide bonds. The molecule has 0 fully saturated rings. The zero-order chi connectivity index (χ0) is 12.7. The highest BCUT2D eigenvalue weighted by molar-refractivity contribution is 5.89. The van der Waals surface area contributed by atoms with E-state index in [9.17, 15) is 14.7 Å². The molecule has 0 aliphatic heterocycles. The van der Waals surface area contributed by atoms with Crippen molar-refractivity contribution in [3.8, 4) is 0 Å². The smallest absolute Gasteiger partial charge is 0.225 e. The van der Waals surface area contributed by atoms with Gasteiger partial charge in [-0.25, -0.2) is 4.98 Å². The van der Waals surface area contributed by atoms with Crippen LogP contribution in [0.3, 0.4) is 0 Å². The van der Waals surface area contributed by atoms with E-state index in [1.165, 1.54) is 0 Å². The molecule has 0 bridgehead atoms. The Labute approximate surface area is 99.9 Å². The van der Waals surface area contributed by atoms with Gasteiger partial charge < -0.3 is 15.2 Å². The molecule has 92 valence electrons. The summed E-state index contributed by atoms with van der Waals surface area (Å²) in [5.74, 6) is -0.706. The molecule has 0 aliphatic rings. The third-order valence-corrected chi connectivity index (χ3v) is 2.22. The van der Waals surface area contributed by atoms with Gasteiger partial charge in [0.25, 0.3) is 0 Å². The number of hydrogen-bond acceptors (Lipinski definition) is 4. The van der Waals surface area contributed by atoms with Gasteiger partial charge in [-0.2, -0.15) is 0 Å². The number of pyridine rings is 1. The molecule has 0 radical (unpaired) electrons. The van der Waals surface area contributed by atoms with Crippen molar-refractivity contribution in [2.75, 3.05) is 5.32 Å². The SMILES string of the molecule is Cc1ccnc(NC(=O)CCCCC(=O)[O-])c1. The Morgan fingerprint density at radius 3 is 2.71 bits per heavy atom. The summed E-state index contributed by atoms with van der Waals surface area (Å²) in [6.07, 6.45) is 2.91. The monoisotopic (exact) mass is 235 g/mol. The topological polar surface area (TPSA) is 82.1 Å². The third-order valence-electron chi connectivity index (χ3n) is 2.22. The van der Waals surface area contributed by atoms with Gasteiger partial charge in [0.2, 0.25) is 5.91 Å². The van der Waals surface area contributed by atoms with Crippen molar-refractivity contribution in [3.05, 3.63) is 23.9 Å². The number of rotatable bonds is 6. The molecular formula is C12H15N2O3-. The van der Waals surface area contributed by atoms with Crippen LogP contribution in [0.25, 0.3) is 0 Å². The van der Waals surface area contributed by atoms with Crippen LogP contribution in [0.4, 0.5) is 5.82 Å². The number of carbonyl (C=O) groups excluding carboxylic acids is 2. The lowest BCUT2D eigenvalue weighted by Gasteiger charge is -2.05. The lowest BCUT2D eigenvalue weighted by molar-refractivity contribution is -0.305. The lowest BCUT2D eigenvalue weighted by Crippen LogP contribution is -2.21. The van der Waals surface area contributed by atoms with Crippen molar-refractivity contribution in [2.45, 2.75) is 32.6 Å². The maximum Gasteiger partial charge on any atom is 0.225 e. The molecule has 0 spiro atoms. The quantitative estimate of drug-likeness (QED) is 0.733. The van der Waals surface area contributed by atoms with Gasteiger partial charge in [-0.05, 0) is 43.9 Å². The predicted octanol–water partition coefficient (Wildman–Crippen LogP) is 0.639. The number of nitrogens with one attached hydrogen (secondary N) is 1. The summed E-state index contributed by atoms with van der Waals surface area (Å²) in [6, 6.07) is 3.62. The summed E-state index contributed by atoms with van der Waals surface area (Å²) in [6.45, 7) is 1.91. The number of unbranched alkanes of at least 4 members (excludes halogenated alkanes) is 1. The molecule has 0 aliphatic carbocycles. The van der Waals surface area contributed by atoms with Crippen molar-refractivity contribution in [2.24, 2.45) is 0 Å². The van der Waals surface area contributed by atoms with Gasteiger partial charge >= 0.3 is 0 Å². The van der Waals surface area contributed by atoms with Gasteiger partial charge in [-0.3, -0.25) is 4.79 Å². The second-order valence-electron chi connectivity index (χ2n) is 3.85. The van der Waals surface area contributed by atoms with Crippen LogP contribution in [0.15, 0.2) is 18.3 Å². The Balaban J connectivity index is 2.27. The fourth-order valence-electron chi connectivity index (χ4n) is 1.36. The molecule has 1 aromatic heterocycles.